The number of hydrogen-bond donors (Lipinski definition) is 1. The number of aromatic nitrogens is 4. The SMILES string of the molecule is CCn1cc(C(=O)OCC(=O)Nc2cc(C(F)(F)F)ccc2-n2cncn2)c2ccccc21. The van der Waals surface area contributed by atoms with E-state index in [1.165, 1.54) is 23.4 Å². The van der Waals surface area contributed by atoms with Crippen molar-refractivity contribution in [3.05, 3.63) is 72.4 Å². The molecule has 0 saturated heterocycles. The zero-order valence-corrected chi connectivity index (χ0v) is 17.3. The number of halogens is 3. The summed E-state index contributed by atoms with van der Waals surface area (Å²) in [4.78, 5) is 28.8. The molecule has 2 heterocycles. The summed E-state index contributed by atoms with van der Waals surface area (Å²) in [5.74, 6) is -1.52. The van der Waals surface area contributed by atoms with Gasteiger partial charge in [-0.15, -0.1) is 0 Å². The normalized spacial score (nSPS) is 11.5. The van der Waals surface area contributed by atoms with Crippen LogP contribution >= 0.6 is 0 Å². The lowest BCUT2D eigenvalue weighted by Gasteiger charge is -2.14. The fraction of sp³-hybridized carbons (Fsp3) is 0.182. The zero-order chi connectivity index (χ0) is 23.6. The smallest absolute Gasteiger partial charge is 0.416 e. The van der Waals surface area contributed by atoms with Gasteiger partial charge in [0.1, 0.15) is 12.7 Å². The lowest BCUT2D eigenvalue weighted by atomic mass is 10.1. The monoisotopic (exact) mass is 457 g/mol. The molecule has 0 saturated carbocycles. The van der Waals surface area contributed by atoms with Crippen molar-refractivity contribution in [2.24, 2.45) is 0 Å². The number of fused-ring (bicyclic) bond motifs is 1. The number of alkyl halides is 3. The summed E-state index contributed by atoms with van der Waals surface area (Å²) in [6.07, 6.45) is -0.486. The van der Waals surface area contributed by atoms with Gasteiger partial charge in [0, 0.05) is 23.6 Å². The number of nitrogens with zero attached hydrogens (tertiary/aromatic N) is 4. The molecule has 0 spiro atoms. The second-order valence-corrected chi connectivity index (χ2v) is 7.04. The molecule has 2 aromatic carbocycles. The van der Waals surface area contributed by atoms with Crippen molar-refractivity contribution in [3.63, 3.8) is 0 Å². The highest BCUT2D eigenvalue weighted by Crippen LogP contribution is 2.33. The fourth-order valence-electron chi connectivity index (χ4n) is 3.41. The third-order valence-corrected chi connectivity index (χ3v) is 4.95. The molecule has 8 nitrogen and oxygen atoms in total. The van der Waals surface area contributed by atoms with Gasteiger partial charge in [0.05, 0.1) is 22.5 Å². The van der Waals surface area contributed by atoms with Gasteiger partial charge in [-0.1, -0.05) is 18.2 Å². The third-order valence-electron chi connectivity index (χ3n) is 4.95. The van der Waals surface area contributed by atoms with Gasteiger partial charge in [-0.2, -0.15) is 18.3 Å². The molecule has 0 radical (unpaired) electrons. The number of para-hydroxylation sites is 1. The molecule has 0 aliphatic carbocycles. The van der Waals surface area contributed by atoms with E-state index in [-0.39, 0.29) is 11.4 Å². The van der Waals surface area contributed by atoms with Gasteiger partial charge >= 0.3 is 12.1 Å². The highest BCUT2D eigenvalue weighted by Gasteiger charge is 2.31. The minimum atomic E-state index is -4.61. The first-order valence-corrected chi connectivity index (χ1v) is 9.89. The van der Waals surface area contributed by atoms with Crippen LogP contribution in [-0.2, 0) is 22.3 Å². The van der Waals surface area contributed by atoms with Crippen molar-refractivity contribution in [1.82, 2.24) is 19.3 Å². The van der Waals surface area contributed by atoms with Gasteiger partial charge in [0.15, 0.2) is 6.61 Å². The molecule has 1 N–H and O–H groups in total. The first-order chi connectivity index (χ1) is 15.8. The number of ether oxygens (including phenoxy) is 1. The number of rotatable bonds is 6. The van der Waals surface area contributed by atoms with E-state index in [0.717, 1.165) is 17.6 Å². The summed E-state index contributed by atoms with van der Waals surface area (Å²) in [5.41, 5.74) is 0.205. The Morgan fingerprint density at radius 2 is 1.94 bits per heavy atom. The first-order valence-electron chi connectivity index (χ1n) is 9.89. The molecule has 1 amide bonds. The van der Waals surface area contributed by atoms with Gasteiger partial charge in [0.2, 0.25) is 0 Å². The number of anilines is 1. The van der Waals surface area contributed by atoms with E-state index in [2.05, 4.69) is 15.4 Å². The molecule has 4 rings (SSSR count). The maximum absolute atomic E-state index is 13.2. The Morgan fingerprint density at radius 3 is 2.64 bits per heavy atom. The number of nitrogens with one attached hydrogen (secondary N) is 1. The number of benzene rings is 2. The average molecular weight is 457 g/mol. The Hall–Kier alpha value is -4.15. The number of esters is 1. The van der Waals surface area contributed by atoms with Crippen molar-refractivity contribution < 1.29 is 27.5 Å². The van der Waals surface area contributed by atoms with Crippen LogP contribution in [0.3, 0.4) is 0 Å². The first kappa shape index (κ1) is 22.1. The van der Waals surface area contributed by atoms with Crippen LogP contribution in [-0.4, -0.2) is 37.8 Å². The minimum absolute atomic E-state index is 0.154. The molecule has 170 valence electrons. The summed E-state index contributed by atoms with van der Waals surface area (Å²) in [7, 11) is 0. The standard InChI is InChI=1S/C22H18F3N5O3/c1-2-29-10-16(15-5-3-4-6-18(15)29)21(32)33-11-20(31)28-17-9-14(22(23,24)25)7-8-19(17)30-13-26-12-27-30/h3-10,12-13H,2,11H2,1H3,(H,28,31). The van der Waals surface area contributed by atoms with Crippen LogP contribution in [0, 0.1) is 0 Å². The van der Waals surface area contributed by atoms with E-state index >= 15 is 0 Å². The topological polar surface area (TPSA) is 91.0 Å². The van der Waals surface area contributed by atoms with Crippen LogP contribution < -0.4 is 5.32 Å². The molecular weight excluding hydrogens is 439 g/mol. The Bertz CT molecular complexity index is 1310. The molecule has 11 heteroatoms. The van der Waals surface area contributed by atoms with Gasteiger partial charge in [-0.3, -0.25) is 4.79 Å². The van der Waals surface area contributed by atoms with Crippen molar-refractivity contribution in [2.45, 2.75) is 19.6 Å². The van der Waals surface area contributed by atoms with Crippen molar-refractivity contribution in [1.29, 1.82) is 0 Å². The summed E-state index contributed by atoms with van der Waals surface area (Å²) in [6.45, 7) is 1.88. The zero-order valence-electron chi connectivity index (χ0n) is 17.3. The van der Waals surface area contributed by atoms with Crippen LogP contribution in [0.5, 0.6) is 0 Å². The summed E-state index contributed by atoms with van der Waals surface area (Å²) >= 11 is 0. The van der Waals surface area contributed by atoms with E-state index in [9.17, 15) is 22.8 Å². The molecule has 4 aromatic rings. The molecule has 0 bridgehead atoms. The largest absolute Gasteiger partial charge is 0.452 e. The highest BCUT2D eigenvalue weighted by molar-refractivity contribution is 6.05. The van der Waals surface area contributed by atoms with E-state index in [0.29, 0.717) is 17.5 Å². The molecular formula is C22H18F3N5O3. The number of carbonyl (C=O) groups is 2. The van der Waals surface area contributed by atoms with Gasteiger partial charge in [-0.05, 0) is 31.2 Å². The molecule has 0 aliphatic rings. The second-order valence-electron chi connectivity index (χ2n) is 7.04. The quantitative estimate of drug-likeness (QED) is 0.441. The number of hydrogen-bond acceptors (Lipinski definition) is 5. The Morgan fingerprint density at radius 1 is 1.15 bits per heavy atom. The van der Waals surface area contributed by atoms with Crippen LogP contribution in [0.4, 0.5) is 18.9 Å². The van der Waals surface area contributed by atoms with Crippen LogP contribution in [0.2, 0.25) is 0 Å². The van der Waals surface area contributed by atoms with Crippen molar-refractivity contribution in [2.75, 3.05) is 11.9 Å². The van der Waals surface area contributed by atoms with Crippen molar-refractivity contribution in [3.8, 4) is 5.69 Å². The van der Waals surface area contributed by atoms with Crippen LogP contribution in [0.25, 0.3) is 16.6 Å². The number of amides is 1. The van der Waals surface area contributed by atoms with Gasteiger partial charge < -0.3 is 14.6 Å². The van der Waals surface area contributed by atoms with E-state index < -0.39 is 30.2 Å². The lowest BCUT2D eigenvalue weighted by molar-refractivity contribution is -0.137. The average Bonchev–Trinajstić information content (AvgIpc) is 3.45. The van der Waals surface area contributed by atoms with Gasteiger partial charge in [-0.25, -0.2) is 14.5 Å². The number of carbonyl (C=O) groups excluding carboxylic acids is 2. The predicted molar refractivity (Wildman–Crippen MR) is 113 cm³/mol. The maximum atomic E-state index is 13.2. The summed E-state index contributed by atoms with van der Waals surface area (Å²) in [6, 6.07) is 10.1. The molecule has 0 aliphatic heterocycles. The molecule has 0 fully saturated rings. The third kappa shape index (κ3) is 4.56. The molecule has 0 unspecified atom stereocenters. The molecule has 0 atom stereocenters. The maximum Gasteiger partial charge on any atom is 0.416 e. The van der Waals surface area contributed by atoms with Crippen LogP contribution in [0.1, 0.15) is 22.8 Å². The number of aryl methyl sites for hydroxylation is 1. The summed E-state index contributed by atoms with van der Waals surface area (Å²) < 4.78 is 47.7. The Labute approximate surface area is 185 Å². The Balaban J connectivity index is 1.52. The van der Waals surface area contributed by atoms with Crippen molar-refractivity contribution >= 4 is 28.5 Å². The highest BCUT2D eigenvalue weighted by atomic mass is 19.4. The lowest BCUT2D eigenvalue weighted by Crippen LogP contribution is -2.22. The Kier molecular flexibility index (Phi) is 5.86. The van der Waals surface area contributed by atoms with E-state index in [1.807, 2.05) is 23.6 Å². The second kappa shape index (κ2) is 8.77. The predicted octanol–water partition coefficient (Wildman–Crippen LogP) is 4.06. The molecule has 2 aromatic heterocycles. The summed E-state index contributed by atoms with van der Waals surface area (Å²) in [5, 5.41) is 6.92. The fourth-order valence-corrected chi connectivity index (χ4v) is 3.41. The van der Waals surface area contributed by atoms with E-state index in [1.54, 1.807) is 18.3 Å². The van der Waals surface area contributed by atoms with E-state index in [4.69, 9.17) is 4.74 Å². The molecule has 33 heavy (non-hydrogen) atoms. The van der Waals surface area contributed by atoms with Gasteiger partial charge in [0.25, 0.3) is 5.91 Å². The minimum Gasteiger partial charge on any atom is -0.452 e. The van der Waals surface area contributed by atoms with Crippen LogP contribution in [0.15, 0.2) is 61.3 Å².